The van der Waals surface area contributed by atoms with E-state index in [0.29, 0.717) is 22.4 Å². The van der Waals surface area contributed by atoms with Gasteiger partial charge in [0.25, 0.3) is 0 Å². The van der Waals surface area contributed by atoms with Crippen LogP contribution in [0.25, 0.3) is 11.3 Å². The summed E-state index contributed by atoms with van der Waals surface area (Å²) in [6.07, 6.45) is 0. The molecule has 0 aliphatic carbocycles. The minimum absolute atomic E-state index is 0.265. The lowest BCUT2D eigenvalue weighted by molar-refractivity contribution is 0.174. The van der Waals surface area contributed by atoms with Crippen molar-refractivity contribution in [1.82, 2.24) is 0 Å². The predicted octanol–water partition coefficient (Wildman–Crippen LogP) is 5.59. The normalized spacial score (nSPS) is 12.4. The largest absolute Gasteiger partial charge is 0.459 e. The zero-order valence-electron chi connectivity index (χ0n) is 12.5. The van der Waals surface area contributed by atoms with Crippen molar-refractivity contribution in [1.29, 1.82) is 0 Å². The zero-order chi connectivity index (χ0) is 16.5. The minimum Gasteiger partial charge on any atom is -0.459 e. The van der Waals surface area contributed by atoms with Gasteiger partial charge >= 0.3 is 0 Å². The summed E-state index contributed by atoms with van der Waals surface area (Å²) in [5.41, 5.74) is 1.71. The van der Waals surface area contributed by atoms with Crippen LogP contribution in [0.5, 0.6) is 11.5 Å². The molecule has 122 valence electrons. The summed E-state index contributed by atoms with van der Waals surface area (Å²) in [5, 5.41) is 4.51. The Bertz CT molecular complexity index is 892. The van der Waals surface area contributed by atoms with Crippen LogP contribution in [0.1, 0.15) is 5.76 Å². The van der Waals surface area contributed by atoms with E-state index in [4.69, 9.17) is 37.1 Å². The minimum atomic E-state index is 0.265. The van der Waals surface area contributed by atoms with Gasteiger partial charge in [0.05, 0.1) is 11.6 Å². The van der Waals surface area contributed by atoms with Crippen LogP contribution in [0.4, 0.5) is 5.69 Å². The van der Waals surface area contributed by atoms with E-state index in [1.54, 1.807) is 18.2 Å². The van der Waals surface area contributed by atoms with Gasteiger partial charge in [-0.05, 0) is 42.5 Å². The van der Waals surface area contributed by atoms with Crippen molar-refractivity contribution < 1.29 is 13.9 Å². The van der Waals surface area contributed by atoms with Crippen LogP contribution in [0, 0.1) is 0 Å². The standard InChI is InChI=1S/C18H13Cl2NO3/c19-11-1-4-15(20)14(7-11)16-6-3-13(24-16)9-21-12-2-5-17-18(8-12)23-10-22-17/h1-8,21H,9-10H2. The highest BCUT2D eigenvalue weighted by molar-refractivity contribution is 6.35. The Morgan fingerprint density at radius 2 is 1.79 bits per heavy atom. The monoisotopic (exact) mass is 361 g/mol. The lowest BCUT2D eigenvalue weighted by Crippen LogP contribution is -1.97. The molecule has 0 bridgehead atoms. The highest BCUT2D eigenvalue weighted by Gasteiger charge is 2.13. The van der Waals surface area contributed by atoms with E-state index < -0.39 is 0 Å². The molecule has 0 amide bonds. The maximum atomic E-state index is 6.21. The maximum Gasteiger partial charge on any atom is 0.231 e. The fourth-order valence-corrected chi connectivity index (χ4v) is 2.88. The molecule has 0 unspecified atom stereocenters. The molecule has 0 saturated heterocycles. The first-order valence-corrected chi connectivity index (χ1v) is 8.12. The summed E-state index contributed by atoms with van der Waals surface area (Å²) in [6, 6.07) is 14.8. The van der Waals surface area contributed by atoms with E-state index in [2.05, 4.69) is 5.32 Å². The third-order valence-corrected chi connectivity index (χ3v) is 4.26. The fraction of sp³-hybridized carbons (Fsp3) is 0.111. The van der Waals surface area contributed by atoms with Crippen molar-refractivity contribution in [3.63, 3.8) is 0 Å². The summed E-state index contributed by atoms with van der Waals surface area (Å²) in [6.45, 7) is 0.804. The van der Waals surface area contributed by atoms with Crippen molar-refractivity contribution in [2.75, 3.05) is 12.1 Å². The maximum absolute atomic E-state index is 6.21. The van der Waals surface area contributed by atoms with Crippen LogP contribution < -0.4 is 14.8 Å². The van der Waals surface area contributed by atoms with Crippen molar-refractivity contribution in [3.05, 3.63) is 64.3 Å². The van der Waals surface area contributed by atoms with E-state index in [-0.39, 0.29) is 6.79 Å². The molecule has 2 heterocycles. The number of benzene rings is 2. The number of fused-ring (bicyclic) bond motifs is 1. The Labute approximate surface area is 148 Å². The Morgan fingerprint density at radius 1 is 0.917 bits per heavy atom. The van der Waals surface area contributed by atoms with Crippen LogP contribution in [0.3, 0.4) is 0 Å². The molecule has 1 aliphatic rings. The molecule has 0 radical (unpaired) electrons. The van der Waals surface area contributed by atoms with Crippen LogP contribution in [-0.4, -0.2) is 6.79 Å². The molecule has 0 atom stereocenters. The van der Waals surface area contributed by atoms with Gasteiger partial charge in [-0.3, -0.25) is 0 Å². The Hall–Kier alpha value is -2.30. The molecule has 1 aromatic heterocycles. The van der Waals surface area contributed by atoms with E-state index in [1.165, 1.54) is 0 Å². The average Bonchev–Trinajstić information content (AvgIpc) is 3.23. The molecule has 6 heteroatoms. The number of nitrogens with one attached hydrogen (secondary N) is 1. The molecule has 0 saturated carbocycles. The molecular formula is C18H13Cl2NO3. The van der Waals surface area contributed by atoms with Crippen molar-refractivity contribution in [2.45, 2.75) is 6.54 Å². The molecule has 2 aromatic carbocycles. The van der Waals surface area contributed by atoms with Gasteiger partial charge in [0.1, 0.15) is 11.5 Å². The topological polar surface area (TPSA) is 43.6 Å². The van der Waals surface area contributed by atoms with Crippen molar-refractivity contribution in [3.8, 4) is 22.8 Å². The lowest BCUT2D eigenvalue weighted by atomic mass is 10.2. The summed E-state index contributed by atoms with van der Waals surface area (Å²) in [4.78, 5) is 0. The molecular weight excluding hydrogens is 349 g/mol. The van der Waals surface area contributed by atoms with Crippen LogP contribution in [-0.2, 0) is 6.54 Å². The van der Waals surface area contributed by atoms with Crippen LogP contribution in [0.15, 0.2) is 52.9 Å². The Balaban J connectivity index is 1.48. The first-order valence-electron chi connectivity index (χ1n) is 7.37. The van der Waals surface area contributed by atoms with Gasteiger partial charge in [-0.25, -0.2) is 0 Å². The van der Waals surface area contributed by atoms with Gasteiger partial charge in [0, 0.05) is 22.3 Å². The molecule has 1 aliphatic heterocycles. The summed E-state index contributed by atoms with van der Waals surface area (Å²) in [5.74, 6) is 2.98. The molecule has 4 nitrogen and oxygen atoms in total. The quantitative estimate of drug-likeness (QED) is 0.657. The fourth-order valence-electron chi connectivity index (χ4n) is 2.50. The van der Waals surface area contributed by atoms with E-state index >= 15 is 0 Å². The Kier molecular flexibility index (Phi) is 4.00. The number of hydrogen-bond acceptors (Lipinski definition) is 4. The number of furan rings is 1. The van der Waals surface area contributed by atoms with E-state index in [1.807, 2.05) is 30.3 Å². The second kappa shape index (κ2) is 6.30. The van der Waals surface area contributed by atoms with Gasteiger partial charge in [-0.1, -0.05) is 23.2 Å². The second-order valence-electron chi connectivity index (χ2n) is 5.31. The Morgan fingerprint density at radius 3 is 2.71 bits per heavy atom. The number of halogens is 2. The number of rotatable bonds is 4. The first-order chi connectivity index (χ1) is 11.7. The number of hydrogen-bond donors (Lipinski definition) is 1. The summed E-state index contributed by atoms with van der Waals surface area (Å²) in [7, 11) is 0. The van der Waals surface area contributed by atoms with Crippen LogP contribution in [0.2, 0.25) is 10.0 Å². The smallest absolute Gasteiger partial charge is 0.231 e. The summed E-state index contributed by atoms with van der Waals surface area (Å²) >= 11 is 12.2. The van der Waals surface area contributed by atoms with Gasteiger partial charge in [0.2, 0.25) is 6.79 Å². The second-order valence-corrected chi connectivity index (χ2v) is 6.16. The zero-order valence-corrected chi connectivity index (χ0v) is 14.0. The molecule has 0 fully saturated rings. The van der Waals surface area contributed by atoms with Gasteiger partial charge in [-0.2, -0.15) is 0 Å². The molecule has 1 N–H and O–H groups in total. The third kappa shape index (κ3) is 3.03. The average molecular weight is 362 g/mol. The predicted molar refractivity (Wildman–Crippen MR) is 94.1 cm³/mol. The van der Waals surface area contributed by atoms with Gasteiger partial charge < -0.3 is 19.2 Å². The molecule has 3 aromatic rings. The molecule has 24 heavy (non-hydrogen) atoms. The van der Waals surface area contributed by atoms with Crippen LogP contribution >= 0.6 is 23.2 Å². The molecule has 0 spiro atoms. The number of anilines is 1. The van der Waals surface area contributed by atoms with E-state index in [0.717, 1.165) is 28.5 Å². The lowest BCUT2D eigenvalue weighted by Gasteiger charge is -2.06. The third-order valence-electron chi connectivity index (χ3n) is 3.69. The molecule has 4 rings (SSSR count). The van der Waals surface area contributed by atoms with Gasteiger partial charge in [-0.15, -0.1) is 0 Å². The summed E-state index contributed by atoms with van der Waals surface area (Å²) < 4.78 is 16.5. The highest BCUT2D eigenvalue weighted by Crippen LogP contribution is 2.35. The van der Waals surface area contributed by atoms with E-state index in [9.17, 15) is 0 Å². The highest BCUT2D eigenvalue weighted by atomic mass is 35.5. The van der Waals surface area contributed by atoms with Crippen molar-refractivity contribution in [2.24, 2.45) is 0 Å². The number of ether oxygens (including phenoxy) is 2. The van der Waals surface area contributed by atoms with Crippen molar-refractivity contribution >= 4 is 28.9 Å². The first kappa shape index (κ1) is 15.2. The SMILES string of the molecule is Clc1ccc(Cl)c(-c2ccc(CNc3ccc4c(c3)OCO4)o2)c1. The van der Waals surface area contributed by atoms with Gasteiger partial charge in [0.15, 0.2) is 11.5 Å².